The number of likely N-dealkylation sites (tertiary alicyclic amines) is 1. The summed E-state index contributed by atoms with van der Waals surface area (Å²) in [5.74, 6) is 1.40. The van der Waals surface area contributed by atoms with Crippen LogP contribution in [0, 0.1) is 25.2 Å². The molecule has 1 saturated heterocycles. The predicted octanol–water partition coefficient (Wildman–Crippen LogP) is 4.96. The van der Waals surface area contributed by atoms with E-state index in [4.69, 9.17) is 10.2 Å². The van der Waals surface area contributed by atoms with Crippen molar-refractivity contribution in [3.05, 3.63) is 75.6 Å². The number of aromatic nitrogens is 2. The SMILES string of the molecule is Cc1cc(C)c(-c2nc3c([nH]2)CN(C)[C@@H](C)C3)cc1C(=O)N1CCC(c2ccc(C#N)cc2)CC1. The summed E-state index contributed by atoms with van der Waals surface area (Å²) in [5, 5.41) is 9.04. The molecule has 2 aliphatic rings. The highest BCUT2D eigenvalue weighted by molar-refractivity contribution is 5.97. The van der Waals surface area contributed by atoms with Crippen molar-refractivity contribution in [2.75, 3.05) is 20.1 Å². The van der Waals surface area contributed by atoms with Crippen LogP contribution in [0.4, 0.5) is 0 Å². The van der Waals surface area contributed by atoms with Crippen LogP contribution in [-0.4, -0.2) is 51.9 Å². The number of aryl methyl sites for hydroxylation is 2. The average molecular weight is 468 g/mol. The van der Waals surface area contributed by atoms with Crippen molar-refractivity contribution < 1.29 is 4.79 Å². The highest BCUT2D eigenvalue weighted by atomic mass is 16.2. The van der Waals surface area contributed by atoms with Crippen molar-refractivity contribution in [1.82, 2.24) is 19.8 Å². The van der Waals surface area contributed by atoms with E-state index in [0.717, 1.165) is 72.7 Å². The van der Waals surface area contributed by atoms with Crippen LogP contribution in [0.15, 0.2) is 36.4 Å². The van der Waals surface area contributed by atoms with E-state index in [-0.39, 0.29) is 5.91 Å². The molecule has 1 aromatic heterocycles. The van der Waals surface area contributed by atoms with E-state index < -0.39 is 0 Å². The molecule has 2 aromatic carbocycles. The molecule has 0 saturated carbocycles. The summed E-state index contributed by atoms with van der Waals surface area (Å²) >= 11 is 0. The number of imidazole rings is 1. The van der Waals surface area contributed by atoms with Crippen molar-refractivity contribution in [2.45, 2.75) is 58.5 Å². The molecule has 2 aliphatic heterocycles. The van der Waals surface area contributed by atoms with E-state index in [2.05, 4.69) is 55.0 Å². The topological polar surface area (TPSA) is 76.0 Å². The summed E-state index contributed by atoms with van der Waals surface area (Å²) in [6, 6.07) is 14.7. The van der Waals surface area contributed by atoms with Gasteiger partial charge < -0.3 is 9.88 Å². The van der Waals surface area contributed by atoms with Gasteiger partial charge in [-0.25, -0.2) is 4.98 Å². The van der Waals surface area contributed by atoms with Crippen LogP contribution in [-0.2, 0) is 13.0 Å². The predicted molar refractivity (Wildman–Crippen MR) is 137 cm³/mol. The summed E-state index contributed by atoms with van der Waals surface area (Å²) in [6.07, 6.45) is 2.81. The standard InChI is InChI=1S/C29H33N5O/c1-18-13-19(2)25(15-24(18)28-31-26-14-20(3)33(4)17-27(26)32-28)29(35)34-11-9-23(10-12-34)22-7-5-21(16-30)6-8-22/h5-8,13,15,20,23H,9-12,14,17H2,1-4H3,(H,31,32)/t20-/m0/s1. The molecule has 1 amide bonds. The van der Waals surface area contributed by atoms with Gasteiger partial charge in [-0.1, -0.05) is 18.2 Å². The summed E-state index contributed by atoms with van der Waals surface area (Å²) in [6.45, 7) is 8.70. The summed E-state index contributed by atoms with van der Waals surface area (Å²) in [7, 11) is 2.15. The first-order valence-corrected chi connectivity index (χ1v) is 12.5. The minimum absolute atomic E-state index is 0.103. The molecule has 0 unspecified atom stereocenters. The Kier molecular flexibility index (Phi) is 6.21. The molecule has 0 bridgehead atoms. The Hall–Kier alpha value is -3.43. The molecule has 0 aliphatic carbocycles. The molecule has 0 radical (unpaired) electrons. The molecule has 1 fully saturated rings. The number of carbonyl (C=O) groups is 1. The quantitative estimate of drug-likeness (QED) is 0.591. The van der Waals surface area contributed by atoms with Gasteiger partial charge in [0.05, 0.1) is 23.0 Å². The van der Waals surface area contributed by atoms with Crippen LogP contribution in [0.2, 0.25) is 0 Å². The largest absolute Gasteiger partial charge is 0.341 e. The fraction of sp³-hybridized carbons (Fsp3) is 0.414. The molecule has 0 spiro atoms. The second kappa shape index (κ2) is 9.31. The third kappa shape index (κ3) is 4.49. The molecule has 180 valence electrons. The Morgan fingerprint density at radius 2 is 1.83 bits per heavy atom. The monoisotopic (exact) mass is 467 g/mol. The number of hydrogen-bond acceptors (Lipinski definition) is 4. The molecular weight excluding hydrogens is 434 g/mol. The molecule has 3 aromatic rings. The van der Waals surface area contributed by atoms with E-state index in [9.17, 15) is 4.79 Å². The number of fused-ring (bicyclic) bond motifs is 1. The number of rotatable bonds is 3. The fourth-order valence-electron chi connectivity index (χ4n) is 5.47. The zero-order valence-electron chi connectivity index (χ0n) is 21.1. The van der Waals surface area contributed by atoms with E-state index in [1.54, 1.807) is 0 Å². The number of nitrogens with zero attached hydrogens (tertiary/aromatic N) is 4. The van der Waals surface area contributed by atoms with Crippen LogP contribution in [0.1, 0.15) is 69.7 Å². The normalized spacial score (nSPS) is 18.8. The third-order valence-electron chi connectivity index (χ3n) is 7.86. The van der Waals surface area contributed by atoms with Crippen molar-refractivity contribution in [2.24, 2.45) is 0 Å². The van der Waals surface area contributed by atoms with Gasteiger partial charge in [-0.15, -0.1) is 0 Å². The number of benzene rings is 2. The smallest absolute Gasteiger partial charge is 0.254 e. The van der Waals surface area contributed by atoms with Gasteiger partial charge in [-0.05, 0) is 81.5 Å². The third-order valence-corrected chi connectivity index (χ3v) is 7.86. The van der Waals surface area contributed by atoms with Gasteiger partial charge in [0.1, 0.15) is 5.82 Å². The number of hydrogen-bond donors (Lipinski definition) is 1. The first kappa shape index (κ1) is 23.3. The maximum atomic E-state index is 13.6. The van der Waals surface area contributed by atoms with Gasteiger partial charge in [-0.3, -0.25) is 9.69 Å². The summed E-state index contributed by atoms with van der Waals surface area (Å²) in [5.41, 5.74) is 8.18. The van der Waals surface area contributed by atoms with E-state index in [1.165, 1.54) is 11.3 Å². The second-order valence-corrected chi connectivity index (χ2v) is 10.3. The van der Waals surface area contributed by atoms with Crippen LogP contribution in [0.3, 0.4) is 0 Å². The van der Waals surface area contributed by atoms with Gasteiger partial charge >= 0.3 is 0 Å². The summed E-state index contributed by atoms with van der Waals surface area (Å²) in [4.78, 5) is 26.4. The molecule has 6 heteroatoms. The number of nitriles is 1. The highest BCUT2D eigenvalue weighted by Gasteiger charge is 2.27. The number of carbonyl (C=O) groups excluding carboxylic acids is 1. The Balaban J connectivity index is 1.34. The van der Waals surface area contributed by atoms with Crippen LogP contribution in [0.5, 0.6) is 0 Å². The minimum Gasteiger partial charge on any atom is -0.341 e. The number of amides is 1. The Labute approximate surface area is 207 Å². The van der Waals surface area contributed by atoms with Gasteiger partial charge in [0.15, 0.2) is 0 Å². The maximum Gasteiger partial charge on any atom is 0.254 e. The zero-order chi connectivity index (χ0) is 24.7. The second-order valence-electron chi connectivity index (χ2n) is 10.3. The lowest BCUT2D eigenvalue weighted by Gasteiger charge is -2.32. The molecule has 5 rings (SSSR count). The molecule has 1 N–H and O–H groups in total. The highest BCUT2D eigenvalue weighted by Crippen LogP contribution is 2.32. The lowest BCUT2D eigenvalue weighted by molar-refractivity contribution is 0.0712. The summed E-state index contributed by atoms with van der Waals surface area (Å²) < 4.78 is 0. The Morgan fingerprint density at radius 3 is 2.51 bits per heavy atom. The Bertz CT molecular complexity index is 1260. The van der Waals surface area contributed by atoms with Crippen molar-refractivity contribution >= 4 is 5.91 Å². The van der Waals surface area contributed by atoms with Gasteiger partial charge in [0, 0.05) is 43.2 Å². The average Bonchev–Trinajstić information content (AvgIpc) is 3.26. The molecule has 3 heterocycles. The number of likely N-dealkylation sites (N-methyl/N-ethyl adjacent to an activating group) is 1. The number of H-pyrrole nitrogens is 1. The van der Waals surface area contributed by atoms with Crippen LogP contribution in [0.25, 0.3) is 11.4 Å². The number of piperidine rings is 1. The molecule has 35 heavy (non-hydrogen) atoms. The van der Waals surface area contributed by atoms with Crippen LogP contribution < -0.4 is 0 Å². The first-order valence-electron chi connectivity index (χ1n) is 12.5. The number of aromatic amines is 1. The van der Waals surface area contributed by atoms with Gasteiger partial charge in [0.25, 0.3) is 5.91 Å². The van der Waals surface area contributed by atoms with E-state index in [0.29, 0.717) is 17.5 Å². The number of nitrogens with one attached hydrogen (secondary N) is 1. The van der Waals surface area contributed by atoms with E-state index >= 15 is 0 Å². The first-order chi connectivity index (χ1) is 16.8. The van der Waals surface area contributed by atoms with Gasteiger partial charge in [-0.2, -0.15) is 5.26 Å². The fourth-order valence-corrected chi connectivity index (χ4v) is 5.47. The molecule has 6 nitrogen and oxygen atoms in total. The minimum atomic E-state index is 0.103. The van der Waals surface area contributed by atoms with Crippen LogP contribution >= 0.6 is 0 Å². The van der Waals surface area contributed by atoms with Crippen molar-refractivity contribution in [1.29, 1.82) is 5.26 Å². The van der Waals surface area contributed by atoms with Gasteiger partial charge in [0.2, 0.25) is 0 Å². The van der Waals surface area contributed by atoms with Crippen molar-refractivity contribution in [3.63, 3.8) is 0 Å². The lowest BCUT2D eigenvalue weighted by atomic mass is 9.88. The Morgan fingerprint density at radius 1 is 1.11 bits per heavy atom. The lowest BCUT2D eigenvalue weighted by Crippen LogP contribution is -2.38. The molecular formula is C29H33N5O. The molecule has 1 atom stereocenters. The van der Waals surface area contributed by atoms with Crippen molar-refractivity contribution in [3.8, 4) is 17.5 Å². The maximum absolute atomic E-state index is 13.6. The zero-order valence-corrected chi connectivity index (χ0v) is 21.1. The van der Waals surface area contributed by atoms with E-state index in [1.807, 2.05) is 30.0 Å².